The molecule has 0 radical (unpaired) electrons. The minimum atomic E-state index is -0.403. The van der Waals surface area contributed by atoms with E-state index in [1.54, 1.807) is 12.1 Å². The first kappa shape index (κ1) is 12.1. The zero-order valence-electron chi connectivity index (χ0n) is 9.24. The van der Waals surface area contributed by atoms with Crippen molar-refractivity contribution in [3.8, 4) is 0 Å². The van der Waals surface area contributed by atoms with Gasteiger partial charge in [0.1, 0.15) is 5.82 Å². The summed E-state index contributed by atoms with van der Waals surface area (Å²) in [5.74, 6) is -0.353. The lowest BCUT2D eigenvalue weighted by atomic mass is 9.91. The molecule has 3 heteroatoms. The Balaban J connectivity index is 2.39. The van der Waals surface area contributed by atoms with Crippen LogP contribution in [-0.2, 0) is 0 Å². The molecule has 0 saturated heterocycles. The molecule has 1 nitrogen and oxygen atoms in total. The van der Waals surface area contributed by atoms with E-state index >= 15 is 0 Å². The second kappa shape index (κ2) is 5.30. The molecule has 0 aliphatic rings. The van der Waals surface area contributed by atoms with Crippen molar-refractivity contribution in [2.24, 2.45) is 5.73 Å². The van der Waals surface area contributed by atoms with Gasteiger partial charge in [0, 0.05) is 12.5 Å². The van der Waals surface area contributed by atoms with E-state index in [1.807, 2.05) is 30.3 Å². The van der Waals surface area contributed by atoms with Gasteiger partial charge in [0.2, 0.25) is 0 Å². The molecule has 0 heterocycles. The van der Waals surface area contributed by atoms with Gasteiger partial charge in [-0.3, -0.25) is 0 Å². The maximum Gasteiger partial charge on any atom is 0.141 e. The summed E-state index contributed by atoms with van der Waals surface area (Å²) in [5, 5.41) is 0.136. The van der Waals surface area contributed by atoms with Gasteiger partial charge >= 0.3 is 0 Å². The molecule has 0 fully saturated rings. The molecule has 0 amide bonds. The Morgan fingerprint density at radius 2 is 1.76 bits per heavy atom. The van der Waals surface area contributed by atoms with Crippen molar-refractivity contribution in [1.29, 1.82) is 0 Å². The molecule has 0 aliphatic heterocycles. The minimum absolute atomic E-state index is 0.0503. The lowest BCUT2D eigenvalue weighted by Crippen LogP contribution is -2.13. The molecular weight excluding hydrogens is 237 g/mol. The maximum atomic E-state index is 13.1. The summed E-state index contributed by atoms with van der Waals surface area (Å²) in [6, 6.07) is 14.6. The van der Waals surface area contributed by atoms with Crippen molar-refractivity contribution >= 4 is 11.6 Å². The molecule has 0 spiro atoms. The molecule has 2 aromatic carbocycles. The summed E-state index contributed by atoms with van der Waals surface area (Å²) >= 11 is 5.79. The molecule has 0 bridgehead atoms. The number of hydrogen-bond donors (Lipinski definition) is 1. The fourth-order valence-corrected chi connectivity index (χ4v) is 2.07. The lowest BCUT2D eigenvalue weighted by Gasteiger charge is -2.16. The molecule has 17 heavy (non-hydrogen) atoms. The van der Waals surface area contributed by atoms with E-state index in [9.17, 15) is 4.39 Å². The van der Waals surface area contributed by atoms with E-state index in [4.69, 9.17) is 17.3 Å². The first-order valence-electron chi connectivity index (χ1n) is 5.42. The van der Waals surface area contributed by atoms with E-state index in [1.165, 1.54) is 6.07 Å². The van der Waals surface area contributed by atoms with Crippen LogP contribution in [0.1, 0.15) is 17.0 Å². The van der Waals surface area contributed by atoms with E-state index < -0.39 is 5.82 Å². The first-order valence-corrected chi connectivity index (χ1v) is 5.80. The van der Waals surface area contributed by atoms with E-state index in [0.29, 0.717) is 6.54 Å². The average molecular weight is 250 g/mol. The van der Waals surface area contributed by atoms with Crippen LogP contribution < -0.4 is 5.73 Å². The molecule has 88 valence electrons. The average Bonchev–Trinajstić information content (AvgIpc) is 2.36. The highest BCUT2D eigenvalue weighted by molar-refractivity contribution is 6.30. The van der Waals surface area contributed by atoms with E-state index in [2.05, 4.69) is 0 Å². The van der Waals surface area contributed by atoms with Crippen LogP contribution in [0.5, 0.6) is 0 Å². The number of nitrogens with two attached hydrogens (primary N) is 1. The second-order valence-electron chi connectivity index (χ2n) is 3.87. The predicted octanol–water partition coefficient (Wildman–Crippen LogP) is 3.57. The van der Waals surface area contributed by atoms with Crippen molar-refractivity contribution < 1.29 is 4.39 Å². The molecular formula is C14H13ClFN. The van der Waals surface area contributed by atoms with Gasteiger partial charge in [0.15, 0.2) is 0 Å². The molecule has 2 rings (SSSR count). The van der Waals surface area contributed by atoms with Gasteiger partial charge in [0.25, 0.3) is 0 Å². The molecule has 1 unspecified atom stereocenters. The largest absolute Gasteiger partial charge is 0.330 e. The third-order valence-corrected chi connectivity index (χ3v) is 3.07. The molecule has 0 aliphatic carbocycles. The van der Waals surface area contributed by atoms with Crippen LogP contribution in [0, 0.1) is 5.82 Å². The van der Waals surface area contributed by atoms with Gasteiger partial charge in [-0.2, -0.15) is 0 Å². The Bertz CT molecular complexity index is 499. The van der Waals surface area contributed by atoms with Crippen LogP contribution in [0.4, 0.5) is 4.39 Å². The van der Waals surface area contributed by atoms with Crippen LogP contribution in [0.2, 0.25) is 5.02 Å². The highest BCUT2D eigenvalue weighted by Gasteiger charge is 2.13. The minimum Gasteiger partial charge on any atom is -0.330 e. The third kappa shape index (κ3) is 2.65. The number of hydrogen-bond acceptors (Lipinski definition) is 1. The standard InChI is InChI=1S/C14H13ClFN/c15-13-8-11(6-7-14(13)16)12(9-17)10-4-2-1-3-5-10/h1-8,12H,9,17H2. The Morgan fingerprint density at radius 3 is 2.35 bits per heavy atom. The van der Waals surface area contributed by atoms with Gasteiger partial charge < -0.3 is 5.73 Å². The predicted molar refractivity (Wildman–Crippen MR) is 68.7 cm³/mol. The monoisotopic (exact) mass is 249 g/mol. The summed E-state index contributed by atoms with van der Waals surface area (Å²) in [4.78, 5) is 0. The van der Waals surface area contributed by atoms with Gasteiger partial charge in [-0.15, -0.1) is 0 Å². The topological polar surface area (TPSA) is 26.0 Å². The van der Waals surface area contributed by atoms with Crippen LogP contribution in [0.15, 0.2) is 48.5 Å². The van der Waals surface area contributed by atoms with Crippen molar-refractivity contribution in [3.05, 3.63) is 70.5 Å². The van der Waals surface area contributed by atoms with E-state index in [-0.39, 0.29) is 10.9 Å². The Labute approximate surface area is 105 Å². The van der Waals surface area contributed by atoms with Crippen molar-refractivity contribution in [2.45, 2.75) is 5.92 Å². The quantitative estimate of drug-likeness (QED) is 0.884. The summed E-state index contributed by atoms with van der Waals surface area (Å²) in [6.07, 6.45) is 0. The van der Waals surface area contributed by atoms with Crippen LogP contribution in [-0.4, -0.2) is 6.54 Å². The SMILES string of the molecule is NCC(c1ccccc1)c1ccc(F)c(Cl)c1. The normalized spacial score (nSPS) is 12.4. The number of halogens is 2. The summed E-state index contributed by atoms with van der Waals surface area (Å²) in [7, 11) is 0. The third-order valence-electron chi connectivity index (χ3n) is 2.78. The first-order chi connectivity index (χ1) is 8.22. The molecule has 2 aromatic rings. The van der Waals surface area contributed by atoms with Crippen molar-refractivity contribution in [3.63, 3.8) is 0 Å². The highest BCUT2D eigenvalue weighted by atomic mass is 35.5. The zero-order valence-corrected chi connectivity index (χ0v) is 9.99. The fourth-order valence-electron chi connectivity index (χ4n) is 1.88. The summed E-state index contributed by atoms with van der Waals surface area (Å²) in [6.45, 7) is 0.464. The zero-order chi connectivity index (χ0) is 12.3. The smallest absolute Gasteiger partial charge is 0.141 e. The fraction of sp³-hybridized carbons (Fsp3) is 0.143. The molecule has 2 N–H and O–H groups in total. The van der Waals surface area contributed by atoms with Crippen LogP contribution in [0.25, 0.3) is 0 Å². The number of benzene rings is 2. The summed E-state index contributed by atoms with van der Waals surface area (Å²) < 4.78 is 13.1. The Hall–Kier alpha value is -1.38. The van der Waals surface area contributed by atoms with Crippen molar-refractivity contribution in [1.82, 2.24) is 0 Å². The van der Waals surface area contributed by atoms with Gasteiger partial charge in [-0.05, 0) is 23.3 Å². The number of rotatable bonds is 3. The summed E-state index contributed by atoms with van der Waals surface area (Å²) in [5.41, 5.74) is 7.83. The lowest BCUT2D eigenvalue weighted by molar-refractivity contribution is 0.626. The van der Waals surface area contributed by atoms with Crippen LogP contribution >= 0.6 is 11.6 Å². The Kier molecular flexibility index (Phi) is 3.77. The Morgan fingerprint density at radius 1 is 1.06 bits per heavy atom. The van der Waals surface area contributed by atoms with Gasteiger partial charge in [-0.1, -0.05) is 48.0 Å². The highest BCUT2D eigenvalue weighted by Crippen LogP contribution is 2.26. The van der Waals surface area contributed by atoms with E-state index in [0.717, 1.165) is 11.1 Å². The van der Waals surface area contributed by atoms with Gasteiger partial charge in [0.05, 0.1) is 5.02 Å². The van der Waals surface area contributed by atoms with Gasteiger partial charge in [-0.25, -0.2) is 4.39 Å². The van der Waals surface area contributed by atoms with Crippen LogP contribution in [0.3, 0.4) is 0 Å². The maximum absolute atomic E-state index is 13.1. The molecule has 1 atom stereocenters. The second-order valence-corrected chi connectivity index (χ2v) is 4.28. The van der Waals surface area contributed by atoms with Crippen molar-refractivity contribution in [2.75, 3.05) is 6.54 Å². The molecule has 0 saturated carbocycles. The molecule has 0 aromatic heterocycles.